The van der Waals surface area contributed by atoms with E-state index in [0.717, 1.165) is 32.8 Å². The van der Waals surface area contributed by atoms with Crippen molar-refractivity contribution >= 4 is 11.4 Å². The molecule has 0 aliphatic carbocycles. The predicted octanol–water partition coefficient (Wildman–Crippen LogP) is 2.03. The van der Waals surface area contributed by atoms with Crippen molar-refractivity contribution < 1.29 is 4.74 Å². The molecular formula is C16H25N3O. The van der Waals surface area contributed by atoms with Gasteiger partial charge in [0.1, 0.15) is 0 Å². The van der Waals surface area contributed by atoms with E-state index in [1.165, 1.54) is 30.8 Å². The highest BCUT2D eigenvalue weighted by atomic mass is 16.5. The summed E-state index contributed by atoms with van der Waals surface area (Å²) in [5, 5.41) is 3.75. The molecule has 4 heteroatoms. The molecule has 0 spiro atoms. The van der Waals surface area contributed by atoms with E-state index >= 15 is 0 Å². The lowest BCUT2D eigenvalue weighted by molar-refractivity contribution is 0.123. The molecule has 2 heterocycles. The Hall–Kier alpha value is -1.26. The van der Waals surface area contributed by atoms with E-state index in [2.05, 4.69) is 46.4 Å². The first-order chi connectivity index (χ1) is 9.83. The largest absolute Gasteiger partial charge is 0.379 e. The number of ether oxygens (including phenoxy) is 1. The average Bonchev–Trinajstić information content (AvgIpc) is 2.49. The topological polar surface area (TPSA) is 27.7 Å². The molecule has 0 bridgehead atoms. The van der Waals surface area contributed by atoms with E-state index in [9.17, 15) is 0 Å². The van der Waals surface area contributed by atoms with Crippen LogP contribution >= 0.6 is 0 Å². The van der Waals surface area contributed by atoms with Gasteiger partial charge in [0.05, 0.1) is 24.6 Å². The summed E-state index contributed by atoms with van der Waals surface area (Å²) in [7, 11) is 2.21. The van der Waals surface area contributed by atoms with Crippen LogP contribution in [0.4, 0.5) is 11.4 Å². The molecule has 3 rings (SSSR count). The number of rotatable bonds is 3. The van der Waals surface area contributed by atoms with Crippen LogP contribution in [0.5, 0.6) is 0 Å². The zero-order chi connectivity index (χ0) is 13.8. The quantitative estimate of drug-likeness (QED) is 0.913. The summed E-state index contributed by atoms with van der Waals surface area (Å²) in [5.74, 6) is 0. The molecule has 2 aliphatic heterocycles. The maximum Gasteiger partial charge on any atom is 0.0642 e. The molecule has 1 N–H and O–H groups in total. The van der Waals surface area contributed by atoms with Gasteiger partial charge in [0.2, 0.25) is 0 Å². The van der Waals surface area contributed by atoms with Crippen LogP contribution in [-0.2, 0) is 4.74 Å². The van der Waals surface area contributed by atoms with E-state index < -0.39 is 0 Å². The predicted molar refractivity (Wildman–Crippen MR) is 83.6 cm³/mol. The van der Waals surface area contributed by atoms with Crippen molar-refractivity contribution in [1.29, 1.82) is 0 Å². The van der Waals surface area contributed by atoms with Gasteiger partial charge in [-0.25, -0.2) is 0 Å². The maximum atomic E-state index is 5.46. The Morgan fingerprint density at radius 3 is 2.75 bits per heavy atom. The van der Waals surface area contributed by atoms with Gasteiger partial charge in [-0.3, -0.25) is 0 Å². The fourth-order valence-corrected chi connectivity index (χ4v) is 3.18. The van der Waals surface area contributed by atoms with Crippen molar-refractivity contribution in [1.82, 2.24) is 4.90 Å². The van der Waals surface area contributed by atoms with Gasteiger partial charge in [0.15, 0.2) is 0 Å². The molecule has 0 radical (unpaired) electrons. The van der Waals surface area contributed by atoms with E-state index in [4.69, 9.17) is 4.74 Å². The standard InChI is InChI=1S/C16H25N3O/c1-18-8-4-5-14(13-18)17-15-6-2-3-7-16(15)19-9-11-20-12-10-19/h2-3,6-7,14,17H,4-5,8-13H2,1H3. The second kappa shape index (κ2) is 6.46. The molecular weight excluding hydrogens is 250 g/mol. The molecule has 20 heavy (non-hydrogen) atoms. The van der Waals surface area contributed by atoms with E-state index in [1.807, 2.05) is 0 Å². The number of para-hydroxylation sites is 2. The fourth-order valence-electron chi connectivity index (χ4n) is 3.18. The lowest BCUT2D eigenvalue weighted by Gasteiger charge is -2.34. The number of nitrogens with one attached hydrogen (secondary N) is 1. The van der Waals surface area contributed by atoms with Crippen LogP contribution in [0, 0.1) is 0 Å². The summed E-state index contributed by atoms with van der Waals surface area (Å²) >= 11 is 0. The number of hydrogen-bond acceptors (Lipinski definition) is 4. The summed E-state index contributed by atoms with van der Waals surface area (Å²) in [4.78, 5) is 4.84. The van der Waals surface area contributed by atoms with Crippen molar-refractivity contribution in [2.45, 2.75) is 18.9 Å². The molecule has 2 fully saturated rings. The number of anilines is 2. The molecule has 2 aliphatic rings. The summed E-state index contributed by atoms with van der Waals surface area (Å²) < 4.78 is 5.46. The van der Waals surface area contributed by atoms with Gasteiger partial charge in [-0.15, -0.1) is 0 Å². The van der Waals surface area contributed by atoms with Crippen LogP contribution in [0.3, 0.4) is 0 Å². The van der Waals surface area contributed by atoms with Crippen molar-refractivity contribution in [3.8, 4) is 0 Å². The van der Waals surface area contributed by atoms with Gasteiger partial charge < -0.3 is 19.9 Å². The zero-order valence-electron chi connectivity index (χ0n) is 12.3. The average molecular weight is 275 g/mol. The smallest absolute Gasteiger partial charge is 0.0642 e. The second-order valence-corrected chi connectivity index (χ2v) is 5.86. The van der Waals surface area contributed by atoms with Gasteiger partial charge in [0.25, 0.3) is 0 Å². The molecule has 1 unspecified atom stereocenters. The third kappa shape index (κ3) is 3.25. The van der Waals surface area contributed by atoms with Crippen LogP contribution in [-0.4, -0.2) is 57.4 Å². The number of likely N-dealkylation sites (N-methyl/N-ethyl adjacent to an activating group) is 1. The number of piperidine rings is 1. The Balaban J connectivity index is 1.71. The lowest BCUT2D eigenvalue weighted by Crippen LogP contribution is -2.41. The summed E-state index contributed by atoms with van der Waals surface area (Å²) in [6.45, 7) is 6.01. The number of nitrogens with zero attached hydrogens (tertiary/aromatic N) is 2. The van der Waals surface area contributed by atoms with Crippen molar-refractivity contribution in [3.63, 3.8) is 0 Å². The van der Waals surface area contributed by atoms with Gasteiger partial charge in [-0.2, -0.15) is 0 Å². The molecule has 4 nitrogen and oxygen atoms in total. The Morgan fingerprint density at radius 2 is 1.95 bits per heavy atom. The Kier molecular flexibility index (Phi) is 4.43. The number of likely N-dealkylation sites (tertiary alicyclic amines) is 1. The van der Waals surface area contributed by atoms with Gasteiger partial charge in [0, 0.05) is 25.7 Å². The molecule has 110 valence electrons. The Bertz CT molecular complexity index is 431. The SMILES string of the molecule is CN1CCCC(Nc2ccccc2N2CCOCC2)C1. The number of morpholine rings is 1. The molecule has 1 atom stereocenters. The van der Waals surface area contributed by atoms with Gasteiger partial charge >= 0.3 is 0 Å². The van der Waals surface area contributed by atoms with Gasteiger partial charge in [-0.05, 0) is 38.6 Å². The Morgan fingerprint density at radius 1 is 1.15 bits per heavy atom. The number of hydrogen-bond donors (Lipinski definition) is 1. The summed E-state index contributed by atoms with van der Waals surface area (Å²) in [6.07, 6.45) is 2.55. The molecule has 0 aromatic heterocycles. The van der Waals surface area contributed by atoms with Crippen LogP contribution in [0.2, 0.25) is 0 Å². The highest BCUT2D eigenvalue weighted by molar-refractivity contribution is 5.70. The minimum atomic E-state index is 0.566. The van der Waals surface area contributed by atoms with Crippen LogP contribution in [0.25, 0.3) is 0 Å². The first kappa shape index (κ1) is 13.7. The highest BCUT2D eigenvalue weighted by Gasteiger charge is 2.19. The number of benzene rings is 1. The summed E-state index contributed by atoms with van der Waals surface area (Å²) in [5.41, 5.74) is 2.60. The first-order valence-corrected chi connectivity index (χ1v) is 7.70. The zero-order valence-corrected chi connectivity index (χ0v) is 12.3. The summed E-state index contributed by atoms with van der Waals surface area (Å²) in [6, 6.07) is 9.25. The van der Waals surface area contributed by atoms with Crippen molar-refractivity contribution in [3.05, 3.63) is 24.3 Å². The van der Waals surface area contributed by atoms with Crippen LogP contribution in [0.1, 0.15) is 12.8 Å². The van der Waals surface area contributed by atoms with Crippen LogP contribution < -0.4 is 10.2 Å². The third-order valence-electron chi connectivity index (χ3n) is 4.24. The van der Waals surface area contributed by atoms with Crippen molar-refractivity contribution in [2.75, 3.05) is 56.7 Å². The van der Waals surface area contributed by atoms with E-state index in [1.54, 1.807) is 0 Å². The van der Waals surface area contributed by atoms with Crippen LogP contribution in [0.15, 0.2) is 24.3 Å². The Labute approximate surface area is 121 Å². The fraction of sp³-hybridized carbons (Fsp3) is 0.625. The molecule has 0 amide bonds. The third-order valence-corrected chi connectivity index (χ3v) is 4.24. The monoisotopic (exact) mass is 275 g/mol. The molecule has 0 saturated carbocycles. The van der Waals surface area contributed by atoms with Crippen molar-refractivity contribution in [2.24, 2.45) is 0 Å². The van der Waals surface area contributed by atoms with E-state index in [-0.39, 0.29) is 0 Å². The lowest BCUT2D eigenvalue weighted by atomic mass is 10.1. The molecule has 2 saturated heterocycles. The normalized spacial score (nSPS) is 24.6. The van der Waals surface area contributed by atoms with Gasteiger partial charge in [-0.1, -0.05) is 12.1 Å². The second-order valence-electron chi connectivity index (χ2n) is 5.86. The molecule has 1 aromatic rings. The molecule has 1 aromatic carbocycles. The van der Waals surface area contributed by atoms with E-state index in [0.29, 0.717) is 6.04 Å². The maximum absolute atomic E-state index is 5.46. The minimum absolute atomic E-state index is 0.566. The minimum Gasteiger partial charge on any atom is -0.379 e. The highest BCUT2D eigenvalue weighted by Crippen LogP contribution is 2.28. The first-order valence-electron chi connectivity index (χ1n) is 7.70.